The molecule has 18 heavy (non-hydrogen) atoms. The van der Waals surface area contributed by atoms with Crippen LogP contribution in [0.1, 0.15) is 19.3 Å². The third-order valence-electron chi connectivity index (χ3n) is 2.59. The lowest BCUT2D eigenvalue weighted by Gasteiger charge is -2.09. The molecule has 2 rings (SSSR count). The number of hydrogen-bond acceptors (Lipinski definition) is 3. The summed E-state index contributed by atoms with van der Waals surface area (Å²) in [6.45, 7) is 0.979. The molecule has 1 fully saturated rings. The first-order chi connectivity index (χ1) is 7.74. The van der Waals surface area contributed by atoms with Gasteiger partial charge in [-0.25, -0.2) is 9.37 Å². The summed E-state index contributed by atoms with van der Waals surface area (Å²) in [7, 11) is 0. The number of hydrogen-bond donors (Lipinski definition) is 2. The van der Waals surface area contributed by atoms with Crippen LogP contribution in [0.5, 0.6) is 0 Å². The minimum Gasteiger partial charge on any atom is -0.313 e. The average Bonchev–Trinajstić information content (AvgIpc) is 2.74. The van der Waals surface area contributed by atoms with Crippen LogP contribution in [0, 0.1) is 5.82 Å². The van der Waals surface area contributed by atoms with E-state index in [4.69, 9.17) is 0 Å². The maximum absolute atomic E-state index is 12.6. The lowest BCUT2D eigenvalue weighted by atomic mass is 10.1. The number of nitrogens with zero attached hydrogens (tertiary/aromatic N) is 1. The van der Waals surface area contributed by atoms with Gasteiger partial charge in [-0.05, 0) is 31.5 Å². The Morgan fingerprint density at radius 1 is 1.50 bits per heavy atom. The van der Waals surface area contributed by atoms with E-state index in [1.165, 1.54) is 12.1 Å². The molecule has 1 atom stereocenters. The number of pyridine rings is 1. The Morgan fingerprint density at radius 2 is 2.28 bits per heavy atom. The fourth-order valence-corrected chi connectivity index (χ4v) is 1.80. The molecule has 0 bridgehead atoms. The van der Waals surface area contributed by atoms with Crippen molar-refractivity contribution in [2.45, 2.75) is 25.3 Å². The van der Waals surface area contributed by atoms with E-state index < -0.39 is 5.82 Å². The third-order valence-corrected chi connectivity index (χ3v) is 2.59. The van der Waals surface area contributed by atoms with Gasteiger partial charge in [0, 0.05) is 12.5 Å². The molecular formula is C11H16Cl2FN3O. The Balaban J connectivity index is 0.00000144. The molecule has 4 nitrogen and oxygen atoms in total. The molecule has 0 aromatic carbocycles. The van der Waals surface area contributed by atoms with Gasteiger partial charge in [-0.15, -0.1) is 24.8 Å². The molecule has 0 spiro atoms. The van der Waals surface area contributed by atoms with Gasteiger partial charge in [0.15, 0.2) is 0 Å². The highest BCUT2D eigenvalue weighted by Crippen LogP contribution is 2.10. The molecule has 1 aliphatic rings. The lowest BCUT2D eigenvalue weighted by molar-refractivity contribution is -0.116. The van der Waals surface area contributed by atoms with Crippen molar-refractivity contribution in [3.8, 4) is 0 Å². The van der Waals surface area contributed by atoms with Crippen LogP contribution in [0.15, 0.2) is 18.3 Å². The number of amides is 1. The Hall–Kier alpha value is -0.910. The van der Waals surface area contributed by atoms with Gasteiger partial charge in [0.25, 0.3) is 0 Å². The summed E-state index contributed by atoms with van der Waals surface area (Å²) in [5.41, 5.74) is 0. The van der Waals surface area contributed by atoms with E-state index in [2.05, 4.69) is 15.6 Å². The first-order valence-corrected chi connectivity index (χ1v) is 5.39. The summed E-state index contributed by atoms with van der Waals surface area (Å²) in [5, 5.41) is 5.88. The van der Waals surface area contributed by atoms with Crippen molar-refractivity contribution >= 4 is 36.5 Å². The van der Waals surface area contributed by atoms with E-state index in [1.807, 2.05) is 0 Å². The molecule has 7 heteroatoms. The van der Waals surface area contributed by atoms with Crippen LogP contribution in [0.4, 0.5) is 10.2 Å². The molecule has 2 N–H and O–H groups in total. The molecule has 1 saturated heterocycles. The Kier molecular flexibility index (Phi) is 7.82. The Bertz CT molecular complexity index is 369. The minimum absolute atomic E-state index is 0. The van der Waals surface area contributed by atoms with Crippen LogP contribution in [0.25, 0.3) is 0 Å². The lowest BCUT2D eigenvalue weighted by Crippen LogP contribution is -2.27. The maximum Gasteiger partial charge on any atom is 0.227 e. The second kappa shape index (κ2) is 8.24. The number of carbonyl (C=O) groups is 1. The summed E-state index contributed by atoms with van der Waals surface area (Å²) in [6, 6.07) is 2.99. The fraction of sp³-hybridized carbons (Fsp3) is 0.455. The predicted molar refractivity (Wildman–Crippen MR) is 73.0 cm³/mol. The molecule has 1 amide bonds. The zero-order valence-electron chi connectivity index (χ0n) is 9.69. The van der Waals surface area contributed by atoms with Gasteiger partial charge in [0.1, 0.15) is 11.6 Å². The monoisotopic (exact) mass is 295 g/mol. The van der Waals surface area contributed by atoms with Crippen molar-refractivity contribution in [3.05, 3.63) is 24.1 Å². The summed E-state index contributed by atoms with van der Waals surface area (Å²) < 4.78 is 12.6. The zero-order valence-corrected chi connectivity index (χ0v) is 11.3. The normalized spacial score (nSPS) is 17.5. The Morgan fingerprint density at radius 3 is 2.83 bits per heavy atom. The van der Waals surface area contributed by atoms with Crippen molar-refractivity contribution < 1.29 is 9.18 Å². The maximum atomic E-state index is 12.6. The minimum atomic E-state index is -0.407. The predicted octanol–water partition coefficient (Wildman–Crippen LogP) is 2.14. The van der Waals surface area contributed by atoms with Crippen molar-refractivity contribution in [1.82, 2.24) is 10.3 Å². The van der Waals surface area contributed by atoms with E-state index in [1.54, 1.807) is 0 Å². The second-order valence-electron chi connectivity index (χ2n) is 3.91. The molecule has 0 saturated carbocycles. The standard InChI is InChI=1S/C11H14FN3O.2ClH/c12-8-3-4-10(14-7-8)15-11(16)6-9-2-1-5-13-9;;/h3-4,7,9,13H,1-2,5-6H2,(H,14,15,16);2*1H. The first-order valence-electron chi connectivity index (χ1n) is 5.39. The summed E-state index contributed by atoms with van der Waals surface area (Å²) >= 11 is 0. The van der Waals surface area contributed by atoms with E-state index in [9.17, 15) is 9.18 Å². The number of nitrogens with one attached hydrogen (secondary N) is 2. The van der Waals surface area contributed by atoms with Crippen molar-refractivity contribution in [1.29, 1.82) is 0 Å². The SMILES string of the molecule is Cl.Cl.O=C(CC1CCCN1)Nc1ccc(F)cn1. The van der Waals surface area contributed by atoms with Gasteiger partial charge in [-0.2, -0.15) is 0 Å². The molecule has 2 heterocycles. The molecule has 1 aromatic rings. The molecule has 0 radical (unpaired) electrons. The van der Waals surface area contributed by atoms with Crippen LogP contribution >= 0.6 is 24.8 Å². The first kappa shape index (κ1) is 17.1. The number of aromatic nitrogens is 1. The van der Waals surface area contributed by atoms with Crippen molar-refractivity contribution in [2.24, 2.45) is 0 Å². The van der Waals surface area contributed by atoms with E-state index in [0.717, 1.165) is 25.6 Å². The Labute approximate surface area is 118 Å². The van der Waals surface area contributed by atoms with Crippen LogP contribution < -0.4 is 10.6 Å². The molecule has 1 unspecified atom stereocenters. The molecule has 102 valence electrons. The highest BCUT2D eigenvalue weighted by molar-refractivity contribution is 5.90. The van der Waals surface area contributed by atoms with Gasteiger partial charge in [-0.1, -0.05) is 0 Å². The smallest absolute Gasteiger partial charge is 0.227 e. The number of carbonyl (C=O) groups excluding carboxylic acids is 1. The van der Waals surface area contributed by atoms with E-state index in [-0.39, 0.29) is 36.8 Å². The third kappa shape index (κ3) is 5.16. The zero-order chi connectivity index (χ0) is 11.4. The highest BCUT2D eigenvalue weighted by atomic mass is 35.5. The van der Waals surface area contributed by atoms with Gasteiger partial charge in [0.05, 0.1) is 6.20 Å². The summed E-state index contributed by atoms with van der Waals surface area (Å²) in [5.74, 6) is -0.0987. The van der Waals surface area contributed by atoms with Crippen molar-refractivity contribution in [3.63, 3.8) is 0 Å². The quantitative estimate of drug-likeness (QED) is 0.898. The highest BCUT2D eigenvalue weighted by Gasteiger charge is 2.17. The van der Waals surface area contributed by atoms with Gasteiger partial charge in [-0.3, -0.25) is 4.79 Å². The average molecular weight is 296 g/mol. The van der Waals surface area contributed by atoms with E-state index >= 15 is 0 Å². The summed E-state index contributed by atoms with van der Waals surface area (Å²) in [4.78, 5) is 15.3. The number of rotatable bonds is 3. The van der Waals surface area contributed by atoms with Crippen LogP contribution in [0.3, 0.4) is 0 Å². The largest absolute Gasteiger partial charge is 0.313 e. The van der Waals surface area contributed by atoms with Gasteiger partial charge < -0.3 is 10.6 Å². The second-order valence-corrected chi connectivity index (χ2v) is 3.91. The van der Waals surface area contributed by atoms with Crippen LogP contribution in [0.2, 0.25) is 0 Å². The van der Waals surface area contributed by atoms with Crippen LogP contribution in [-0.2, 0) is 4.79 Å². The molecule has 1 aromatic heterocycles. The summed E-state index contributed by atoms with van der Waals surface area (Å²) in [6.07, 6.45) is 3.68. The van der Waals surface area contributed by atoms with Gasteiger partial charge >= 0.3 is 0 Å². The van der Waals surface area contributed by atoms with Crippen molar-refractivity contribution in [2.75, 3.05) is 11.9 Å². The topological polar surface area (TPSA) is 54.0 Å². The van der Waals surface area contributed by atoms with E-state index in [0.29, 0.717) is 12.2 Å². The molecule has 1 aliphatic heterocycles. The number of anilines is 1. The van der Waals surface area contributed by atoms with Gasteiger partial charge in [0.2, 0.25) is 5.91 Å². The number of halogens is 3. The molecule has 0 aliphatic carbocycles. The van der Waals surface area contributed by atoms with Crippen LogP contribution in [-0.4, -0.2) is 23.5 Å². The molecular weight excluding hydrogens is 280 g/mol. The fourth-order valence-electron chi connectivity index (χ4n) is 1.80.